The van der Waals surface area contributed by atoms with Crippen molar-refractivity contribution >= 4 is 22.6 Å². The highest BCUT2D eigenvalue weighted by molar-refractivity contribution is 6.10. The van der Waals surface area contributed by atoms with Crippen molar-refractivity contribution in [3.63, 3.8) is 0 Å². The van der Waals surface area contributed by atoms with Crippen LogP contribution in [-0.4, -0.2) is 12.5 Å². The second-order valence-electron chi connectivity index (χ2n) is 8.26. The molecule has 1 aliphatic heterocycles. The van der Waals surface area contributed by atoms with Crippen molar-refractivity contribution in [3.8, 4) is 5.75 Å². The van der Waals surface area contributed by atoms with Gasteiger partial charge in [0.1, 0.15) is 17.9 Å². The number of aryl methyl sites for hydroxylation is 2. The average molecular weight is 437 g/mol. The van der Waals surface area contributed by atoms with Crippen LogP contribution >= 0.6 is 0 Å². The molecule has 5 rings (SSSR count). The van der Waals surface area contributed by atoms with E-state index >= 15 is 0 Å². The summed E-state index contributed by atoms with van der Waals surface area (Å²) in [6, 6.07) is 19.9. The molecular formula is C28H23NO4. The second-order valence-corrected chi connectivity index (χ2v) is 8.26. The van der Waals surface area contributed by atoms with Crippen molar-refractivity contribution in [3.05, 3.63) is 118 Å². The van der Waals surface area contributed by atoms with E-state index in [9.17, 15) is 9.59 Å². The van der Waals surface area contributed by atoms with E-state index in [0.29, 0.717) is 34.6 Å². The molecule has 164 valence electrons. The monoisotopic (exact) mass is 437 g/mol. The molecule has 5 heteroatoms. The zero-order valence-electron chi connectivity index (χ0n) is 18.5. The Bertz CT molecular complexity index is 1450. The van der Waals surface area contributed by atoms with E-state index in [1.165, 1.54) is 0 Å². The summed E-state index contributed by atoms with van der Waals surface area (Å²) in [5.74, 6) is 0.383. The Kier molecular flexibility index (Phi) is 5.09. The van der Waals surface area contributed by atoms with Gasteiger partial charge in [0.05, 0.1) is 17.0 Å². The highest BCUT2D eigenvalue weighted by atomic mass is 16.5. The first-order valence-corrected chi connectivity index (χ1v) is 10.8. The molecule has 1 atom stereocenters. The van der Waals surface area contributed by atoms with Gasteiger partial charge in [0.25, 0.3) is 5.91 Å². The lowest BCUT2D eigenvalue weighted by atomic mass is 9.97. The number of carbonyl (C=O) groups excluding carboxylic acids is 1. The summed E-state index contributed by atoms with van der Waals surface area (Å²) in [5, 5.41) is 0.469. The van der Waals surface area contributed by atoms with E-state index in [1.807, 2.05) is 68.4 Å². The van der Waals surface area contributed by atoms with Crippen LogP contribution in [-0.2, 0) is 0 Å². The predicted octanol–water partition coefficient (Wildman–Crippen LogP) is 5.72. The zero-order chi connectivity index (χ0) is 23.1. The molecule has 0 radical (unpaired) electrons. The summed E-state index contributed by atoms with van der Waals surface area (Å²) in [7, 11) is 0. The summed E-state index contributed by atoms with van der Waals surface area (Å²) in [6.45, 7) is 7.96. The average Bonchev–Trinajstić information content (AvgIpc) is 3.11. The van der Waals surface area contributed by atoms with Crippen LogP contribution in [0.15, 0.2) is 88.6 Å². The number of rotatable bonds is 5. The van der Waals surface area contributed by atoms with Gasteiger partial charge in [0.2, 0.25) is 5.76 Å². The molecule has 3 aromatic carbocycles. The molecule has 1 unspecified atom stereocenters. The van der Waals surface area contributed by atoms with Crippen molar-refractivity contribution in [1.82, 2.24) is 0 Å². The van der Waals surface area contributed by atoms with Gasteiger partial charge in [0, 0.05) is 5.69 Å². The third-order valence-electron chi connectivity index (χ3n) is 5.88. The number of amides is 1. The molecule has 2 heterocycles. The van der Waals surface area contributed by atoms with Gasteiger partial charge < -0.3 is 9.15 Å². The number of hydrogen-bond donors (Lipinski definition) is 0. The van der Waals surface area contributed by atoms with Crippen LogP contribution < -0.4 is 15.1 Å². The van der Waals surface area contributed by atoms with Gasteiger partial charge in [-0.1, -0.05) is 54.1 Å². The minimum absolute atomic E-state index is 0.0827. The standard InChI is InChI=1S/C28H23NO4/c1-4-14-32-21-7-5-6-19(16-21)25-24-26(30)22-15-18(3)10-13-23(22)33-27(24)28(31)29(25)20-11-8-17(2)9-12-20/h4-13,15-16,25H,1,14H2,2-3H3. The normalized spacial score (nSPS) is 15.0. The van der Waals surface area contributed by atoms with Gasteiger partial charge in [-0.2, -0.15) is 0 Å². The number of carbonyl (C=O) groups is 1. The van der Waals surface area contributed by atoms with Crippen LogP contribution in [0.5, 0.6) is 5.75 Å². The molecule has 1 amide bonds. The van der Waals surface area contributed by atoms with Crippen LogP contribution in [0.1, 0.15) is 38.9 Å². The molecule has 0 aliphatic carbocycles. The first kappa shape index (κ1) is 20.8. The van der Waals surface area contributed by atoms with E-state index in [4.69, 9.17) is 9.15 Å². The van der Waals surface area contributed by atoms with Crippen molar-refractivity contribution in [2.75, 3.05) is 11.5 Å². The maximum absolute atomic E-state index is 13.7. The highest BCUT2D eigenvalue weighted by Gasteiger charge is 2.43. The number of benzene rings is 3. The van der Waals surface area contributed by atoms with Gasteiger partial charge in [-0.3, -0.25) is 14.5 Å². The fraction of sp³-hybridized carbons (Fsp3) is 0.143. The highest BCUT2D eigenvalue weighted by Crippen LogP contribution is 2.42. The number of hydrogen-bond acceptors (Lipinski definition) is 4. The maximum Gasteiger partial charge on any atom is 0.295 e. The van der Waals surface area contributed by atoms with Gasteiger partial charge in [-0.25, -0.2) is 0 Å². The summed E-state index contributed by atoms with van der Waals surface area (Å²) >= 11 is 0. The Morgan fingerprint density at radius 2 is 1.76 bits per heavy atom. The molecule has 0 fully saturated rings. The number of anilines is 1. The molecular weight excluding hydrogens is 414 g/mol. The molecule has 1 aliphatic rings. The quantitative estimate of drug-likeness (QED) is 0.375. The van der Waals surface area contributed by atoms with Gasteiger partial charge in [-0.05, 0) is 55.8 Å². The third kappa shape index (κ3) is 3.52. The topological polar surface area (TPSA) is 59.8 Å². The third-order valence-corrected chi connectivity index (χ3v) is 5.88. The number of fused-ring (bicyclic) bond motifs is 2. The SMILES string of the molecule is C=CCOc1cccc(C2c3c(oc4ccc(C)cc4c3=O)C(=O)N2c2ccc(C)cc2)c1. The van der Waals surface area contributed by atoms with Crippen LogP contribution in [0.25, 0.3) is 11.0 Å². The lowest BCUT2D eigenvalue weighted by molar-refractivity contribution is 0.0971. The van der Waals surface area contributed by atoms with E-state index in [2.05, 4.69) is 6.58 Å². The number of ether oxygens (including phenoxy) is 1. The van der Waals surface area contributed by atoms with Crippen molar-refractivity contribution < 1.29 is 13.9 Å². The van der Waals surface area contributed by atoms with E-state index in [0.717, 1.165) is 16.7 Å². The molecule has 5 nitrogen and oxygen atoms in total. The summed E-state index contributed by atoms with van der Waals surface area (Å²) in [4.78, 5) is 29.0. The molecule has 1 aromatic heterocycles. The Hall–Kier alpha value is -4.12. The molecule has 0 N–H and O–H groups in total. The summed E-state index contributed by atoms with van der Waals surface area (Å²) in [5.41, 5.74) is 4.05. The van der Waals surface area contributed by atoms with E-state index < -0.39 is 6.04 Å². The van der Waals surface area contributed by atoms with Crippen molar-refractivity contribution in [2.45, 2.75) is 19.9 Å². The van der Waals surface area contributed by atoms with E-state index in [-0.39, 0.29) is 17.1 Å². The first-order chi connectivity index (χ1) is 16.0. The van der Waals surface area contributed by atoms with Crippen LogP contribution in [0, 0.1) is 13.8 Å². The largest absolute Gasteiger partial charge is 0.490 e. The number of nitrogens with zero attached hydrogens (tertiary/aromatic N) is 1. The van der Waals surface area contributed by atoms with Crippen LogP contribution in [0.4, 0.5) is 5.69 Å². The fourth-order valence-electron chi connectivity index (χ4n) is 4.30. The molecule has 0 saturated carbocycles. The van der Waals surface area contributed by atoms with E-state index in [1.54, 1.807) is 23.1 Å². The van der Waals surface area contributed by atoms with Crippen molar-refractivity contribution in [2.24, 2.45) is 0 Å². The Morgan fingerprint density at radius 3 is 2.52 bits per heavy atom. The predicted molar refractivity (Wildman–Crippen MR) is 129 cm³/mol. The minimum Gasteiger partial charge on any atom is -0.490 e. The van der Waals surface area contributed by atoms with Crippen LogP contribution in [0.2, 0.25) is 0 Å². The minimum atomic E-state index is -0.636. The van der Waals surface area contributed by atoms with Crippen molar-refractivity contribution in [1.29, 1.82) is 0 Å². The fourth-order valence-corrected chi connectivity index (χ4v) is 4.30. The molecule has 0 spiro atoms. The summed E-state index contributed by atoms with van der Waals surface area (Å²) in [6.07, 6.45) is 1.67. The molecule has 0 saturated heterocycles. The Morgan fingerprint density at radius 1 is 1.00 bits per heavy atom. The zero-order valence-corrected chi connectivity index (χ0v) is 18.5. The van der Waals surface area contributed by atoms with Gasteiger partial charge in [-0.15, -0.1) is 0 Å². The van der Waals surface area contributed by atoms with Gasteiger partial charge in [0.15, 0.2) is 5.43 Å². The maximum atomic E-state index is 13.7. The smallest absolute Gasteiger partial charge is 0.295 e. The Balaban J connectivity index is 1.76. The lowest BCUT2D eigenvalue weighted by Gasteiger charge is -2.25. The molecule has 0 bridgehead atoms. The first-order valence-electron chi connectivity index (χ1n) is 10.8. The summed E-state index contributed by atoms with van der Waals surface area (Å²) < 4.78 is 11.8. The molecule has 4 aromatic rings. The van der Waals surface area contributed by atoms with Crippen LogP contribution in [0.3, 0.4) is 0 Å². The Labute approximate surface area is 191 Å². The second kappa shape index (κ2) is 8.10. The molecule has 33 heavy (non-hydrogen) atoms. The lowest BCUT2D eigenvalue weighted by Crippen LogP contribution is -2.29. The van der Waals surface area contributed by atoms with Gasteiger partial charge >= 0.3 is 0 Å².